The van der Waals surface area contributed by atoms with Crippen LogP contribution in [0, 0.1) is 5.92 Å². The molecule has 0 fully saturated rings. The zero-order valence-corrected chi connectivity index (χ0v) is 11.7. The number of hydrogen-bond acceptors (Lipinski definition) is 0. The van der Waals surface area contributed by atoms with Crippen molar-refractivity contribution in [1.29, 1.82) is 0 Å². The lowest BCUT2D eigenvalue weighted by atomic mass is 9.84. The van der Waals surface area contributed by atoms with E-state index in [9.17, 15) is 0 Å². The Morgan fingerprint density at radius 2 is 1.67 bits per heavy atom. The van der Waals surface area contributed by atoms with Gasteiger partial charge in [0.05, 0.1) is 0 Å². The minimum absolute atomic E-state index is 0.495. The van der Waals surface area contributed by atoms with Gasteiger partial charge in [0.25, 0.3) is 0 Å². The van der Waals surface area contributed by atoms with Crippen molar-refractivity contribution < 1.29 is 0 Å². The highest BCUT2D eigenvalue weighted by molar-refractivity contribution is 9.10. The summed E-state index contributed by atoms with van der Waals surface area (Å²) in [5.74, 6) is 1.91. The summed E-state index contributed by atoms with van der Waals surface area (Å²) < 4.78 is 1.13. The molecule has 1 aromatic rings. The van der Waals surface area contributed by atoms with E-state index in [1.54, 1.807) is 0 Å². The number of benzene rings is 1. The molecule has 0 heterocycles. The summed E-state index contributed by atoms with van der Waals surface area (Å²) in [7, 11) is 0. The molecule has 0 aliphatic heterocycles. The van der Waals surface area contributed by atoms with E-state index in [0.717, 1.165) is 4.47 Å². The zero-order chi connectivity index (χ0) is 11.3. The Labute approximate surface area is 106 Å². The maximum absolute atomic E-state index is 6.08. The monoisotopic (exact) mass is 288 g/mol. The summed E-state index contributed by atoms with van der Waals surface area (Å²) >= 11 is 9.54. The first-order valence-electron chi connectivity index (χ1n) is 5.54. The summed E-state index contributed by atoms with van der Waals surface area (Å²) in [5, 5.41) is 0. The van der Waals surface area contributed by atoms with E-state index in [1.807, 2.05) is 0 Å². The number of rotatable bonds is 5. The van der Waals surface area contributed by atoms with E-state index < -0.39 is 0 Å². The minimum atomic E-state index is 0.495. The number of halogens is 2. The third kappa shape index (κ3) is 3.49. The van der Waals surface area contributed by atoms with Crippen LogP contribution in [0.2, 0.25) is 0 Å². The highest BCUT2D eigenvalue weighted by Gasteiger charge is 2.19. The third-order valence-corrected chi connectivity index (χ3v) is 3.94. The fraction of sp³-hybridized carbons (Fsp3) is 0.538. The van der Waals surface area contributed by atoms with Crippen molar-refractivity contribution in [2.45, 2.75) is 32.6 Å². The van der Waals surface area contributed by atoms with Gasteiger partial charge >= 0.3 is 0 Å². The lowest BCUT2D eigenvalue weighted by Gasteiger charge is -2.23. The van der Waals surface area contributed by atoms with E-state index in [1.165, 1.54) is 18.4 Å². The van der Waals surface area contributed by atoms with Crippen LogP contribution in [-0.4, -0.2) is 5.88 Å². The van der Waals surface area contributed by atoms with Crippen molar-refractivity contribution >= 4 is 27.5 Å². The van der Waals surface area contributed by atoms with Crippen LogP contribution in [0.3, 0.4) is 0 Å². The van der Waals surface area contributed by atoms with Crippen molar-refractivity contribution in [2.75, 3.05) is 5.88 Å². The van der Waals surface area contributed by atoms with Gasteiger partial charge in [-0.1, -0.05) is 54.8 Å². The molecule has 1 atom stereocenters. The molecule has 0 spiro atoms. The van der Waals surface area contributed by atoms with Gasteiger partial charge in [-0.25, -0.2) is 0 Å². The minimum Gasteiger partial charge on any atom is -0.126 e. The Bertz CT molecular complexity index is 277. The molecule has 0 aromatic heterocycles. The molecule has 0 aliphatic rings. The van der Waals surface area contributed by atoms with E-state index >= 15 is 0 Å². The van der Waals surface area contributed by atoms with Crippen LogP contribution in [0.4, 0.5) is 0 Å². The van der Waals surface area contributed by atoms with Crippen LogP contribution < -0.4 is 0 Å². The average molecular weight is 290 g/mol. The summed E-state index contributed by atoms with van der Waals surface area (Å²) in [5.41, 5.74) is 1.36. The molecule has 0 aliphatic carbocycles. The summed E-state index contributed by atoms with van der Waals surface area (Å²) in [4.78, 5) is 0. The van der Waals surface area contributed by atoms with Crippen LogP contribution in [0.25, 0.3) is 0 Å². The van der Waals surface area contributed by atoms with E-state index in [4.69, 9.17) is 11.6 Å². The summed E-state index contributed by atoms with van der Waals surface area (Å²) in [6.07, 6.45) is 2.40. The quantitative estimate of drug-likeness (QED) is 0.653. The van der Waals surface area contributed by atoms with Crippen LogP contribution in [0.15, 0.2) is 28.7 Å². The maximum Gasteiger partial charge on any atom is 0.0294 e. The molecule has 84 valence electrons. The van der Waals surface area contributed by atoms with Gasteiger partial charge in [0.2, 0.25) is 0 Å². The van der Waals surface area contributed by atoms with Crippen LogP contribution in [0.1, 0.15) is 38.2 Å². The van der Waals surface area contributed by atoms with E-state index in [0.29, 0.717) is 17.7 Å². The van der Waals surface area contributed by atoms with E-state index in [2.05, 4.69) is 54.0 Å². The predicted molar refractivity (Wildman–Crippen MR) is 71.7 cm³/mol. The average Bonchev–Trinajstić information content (AvgIpc) is 2.27. The topological polar surface area (TPSA) is 0 Å². The molecule has 0 radical (unpaired) electrons. The largest absolute Gasteiger partial charge is 0.126 e. The molecule has 0 amide bonds. The summed E-state index contributed by atoms with van der Waals surface area (Å²) in [6.45, 7) is 4.49. The lowest BCUT2D eigenvalue weighted by molar-refractivity contribution is 0.422. The second-order valence-corrected chi connectivity index (χ2v) is 5.11. The van der Waals surface area contributed by atoms with Crippen molar-refractivity contribution in [3.8, 4) is 0 Å². The molecular weight excluding hydrogens is 272 g/mol. The third-order valence-electron chi connectivity index (χ3n) is 3.08. The zero-order valence-electron chi connectivity index (χ0n) is 9.34. The SMILES string of the molecule is CCC(CC)C(CCl)c1ccc(Br)cc1. The first-order valence-corrected chi connectivity index (χ1v) is 6.87. The van der Waals surface area contributed by atoms with Gasteiger partial charge in [-0.15, -0.1) is 11.6 Å². The normalized spacial score (nSPS) is 13.1. The lowest BCUT2D eigenvalue weighted by Crippen LogP contribution is -2.13. The molecule has 1 aromatic carbocycles. The van der Waals surface area contributed by atoms with Gasteiger partial charge in [-0.2, -0.15) is 0 Å². The molecule has 0 nitrogen and oxygen atoms in total. The fourth-order valence-electron chi connectivity index (χ4n) is 2.05. The Kier molecular flexibility index (Phi) is 5.70. The summed E-state index contributed by atoms with van der Waals surface area (Å²) in [6, 6.07) is 8.54. The highest BCUT2D eigenvalue weighted by Crippen LogP contribution is 2.31. The molecule has 0 saturated heterocycles. The molecule has 2 heteroatoms. The molecule has 0 saturated carbocycles. The Morgan fingerprint density at radius 3 is 2.07 bits per heavy atom. The van der Waals surface area contributed by atoms with Crippen molar-refractivity contribution in [2.24, 2.45) is 5.92 Å². The van der Waals surface area contributed by atoms with Gasteiger partial charge in [0, 0.05) is 16.3 Å². The highest BCUT2D eigenvalue weighted by atomic mass is 79.9. The van der Waals surface area contributed by atoms with Crippen LogP contribution in [-0.2, 0) is 0 Å². The Morgan fingerprint density at radius 1 is 1.13 bits per heavy atom. The van der Waals surface area contributed by atoms with Gasteiger partial charge in [-0.3, -0.25) is 0 Å². The van der Waals surface area contributed by atoms with Crippen molar-refractivity contribution in [3.05, 3.63) is 34.3 Å². The molecule has 1 rings (SSSR count). The molecule has 0 N–H and O–H groups in total. The molecule has 1 unspecified atom stereocenters. The molecule has 15 heavy (non-hydrogen) atoms. The fourth-order valence-corrected chi connectivity index (χ4v) is 2.75. The van der Waals surface area contributed by atoms with Gasteiger partial charge in [-0.05, 0) is 23.6 Å². The van der Waals surface area contributed by atoms with Crippen LogP contribution in [0.5, 0.6) is 0 Å². The number of hydrogen-bond donors (Lipinski definition) is 0. The smallest absolute Gasteiger partial charge is 0.0294 e. The van der Waals surface area contributed by atoms with Crippen molar-refractivity contribution in [3.63, 3.8) is 0 Å². The first-order chi connectivity index (χ1) is 7.22. The standard InChI is InChI=1S/C13H18BrCl/c1-3-10(4-2)13(9-15)11-5-7-12(14)8-6-11/h5-8,10,13H,3-4,9H2,1-2H3. The van der Waals surface area contributed by atoms with E-state index in [-0.39, 0.29) is 0 Å². The van der Waals surface area contributed by atoms with Gasteiger partial charge in [0.15, 0.2) is 0 Å². The maximum atomic E-state index is 6.08. The number of alkyl halides is 1. The second kappa shape index (κ2) is 6.55. The molecule has 0 bridgehead atoms. The second-order valence-electron chi connectivity index (χ2n) is 3.89. The van der Waals surface area contributed by atoms with Gasteiger partial charge < -0.3 is 0 Å². The van der Waals surface area contributed by atoms with Crippen LogP contribution >= 0.6 is 27.5 Å². The molecular formula is C13H18BrCl. The van der Waals surface area contributed by atoms with Crippen molar-refractivity contribution in [1.82, 2.24) is 0 Å². The van der Waals surface area contributed by atoms with Gasteiger partial charge in [0.1, 0.15) is 0 Å². The predicted octanol–water partition coefficient (Wildman–Crippen LogP) is 5.21. The Hall–Kier alpha value is -0.0100. The Balaban J connectivity index is 2.86. The first kappa shape index (κ1) is 13.1.